The summed E-state index contributed by atoms with van der Waals surface area (Å²) in [5, 5.41) is 1.30. The number of hydrogen-bond acceptors (Lipinski definition) is 4. The number of rotatable bonds is 4. The lowest BCUT2D eigenvalue weighted by Gasteiger charge is -2.35. The van der Waals surface area contributed by atoms with Crippen LogP contribution in [0.5, 0.6) is 0 Å². The number of carbonyl (C=O) groups excluding carboxylic acids is 1. The highest BCUT2D eigenvalue weighted by molar-refractivity contribution is 7.15. The third kappa shape index (κ3) is 3.10. The summed E-state index contributed by atoms with van der Waals surface area (Å²) < 4.78 is 11.3. The Labute approximate surface area is 112 Å². The largest absolute Gasteiger partial charge is 0.466 e. The molecule has 1 saturated heterocycles. The van der Waals surface area contributed by atoms with Crippen molar-refractivity contribution in [2.45, 2.75) is 13.3 Å². The van der Waals surface area contributed by atoms with Crippen LogP contribution in [0, 0.1) is 0 Å². The lowest BCUT2D eigenvalue weighted by Crippen LogP contribution is -2.52. The van der Waals surface area contributed by atoms with Crippen molar-refractivity contribution >= 4 is 22.3 Å². The van der Waals surface area contributed by atoms with Gasteiger partial charge in [0.15, 0.2) is 5.00 Å². The van der Waals surface area contributed by atoms with E-state index in [4.69, 9.17) is 9.47 Å². The van der Waals surface area contributed by atoms with Crippen molar-refractivity contribution in [2.24, 2.45) is 0 Å². The monoisotopic (exact) mass is 270 g/mol. The summed E-state index contributed by atoms with van der Waals surface area (Å²) in [6.07, 6.45) is 0.384. The van der Waals surface area contributed by atoms with E-state index >= 15 is 0 Å². The van der Waals surface area contributed by atoms with Gasteiger partial charge in [-0.1, -0.05) is 11.3 Å². The van der Waals surface area contributed by atoms with Crippen LogP contribution in [0.25, 0.3) is 0 Å². The van der Waals surface area contributed by atoms with E-state index in [0.717, 1.165) is 35.7 Å². The molecule has 0 aliphatic carbocycles. The van der Waals surface area contributed by atoms with Gasteiger partial charge in [-0.05, 0) is 13.0 Å². The van der Waals surface area contributed by atoms with Gasteiger partial charge in [-0.25, -0.2) is 0 Å². The Morgan fingerprint density at radius 3 is 2.83 bits per heavy atom. The van der Waals surface area contributed by atoms with Gasteiger partial charge in [0.25, 0.3) is 0 Å². The first-order valence-corrected chi connectivity index (χ1v) is 7.13. The fourth-order valence-electron chi connectivity index (χ4n) is 2.07. The molecule has 18 heavy (non-hydrogen) atoms. The Balaban J connectivity index is 2.03. The van der Waals surface area contributed by atoms with Crippen molar-refractivity contribution in [3.63, 3.8) is 0 Å². The van der Waals surface area contributed by atoms with Gasteiger partial charge in [0.1, 0.15) is 13.1 Å². The maximum atomic E-state index is 11.4. The molecule has 1 aromatic heterocycles. The van der Waals surface area contributed by atoms with Crippen LogP contribution in [-0.2, 0) is 20.7 Å². The fourth-order valence-corrected chi connectivity index (χ4v) is 3.21. The number of morpholine rings is 1. The number of ether oxygens (including phenoxy) is 2. The fraction of sp³-hybridized carbons (Fsp3) is 0.615. The predicted octanol–water partition coefficient (Wildman–Crippen LogP) is 1.82. The quantitative estimate of drug-likeness (QED) is 0.618. The normalized spacial score (nSPS) is 18.6. The molecule has 0 saturated carbocycles. The van der Waals surface area contributed by atoms with Crippen molar-refractivity contribution in [2.75, 3.05) is 40.0 Å². The Bertz CT molecular complexity index is 410. The summed E-state index contributed by atoms with van der Waals surface area (Å²) in [5.74, 6) is -0.143. The third-order valence-corrected chi connectivity index (χ3v) is 4.59. The van der Waals surface area contributed by atoms with Crippen molar-refractivity contribution in [3.05, 3.63) is 17.0 Å². The summed E-state index contributed by atoms with van der Waals surface area (Å²) in [6, 6.07) is 4.17. The highest BCUT2D eigenvalue weighted by Crippen LogP contribution is 2.31. The van der Waals surface area contributed by atoms with E-state index in [1.54, 1.807) is 11.3 Å². The molecule has 2 rings (SSSR count). The molecule has 2 heterocycles. The zero-order valence-electron chi connectivity index (χ0n) is 11.0. The second-order valence-corrected chi connectivity index (χ2v) is 5.82. The number of quaternary nitrogens is 1. The molecule has 0 bridgehead atoms. The molecule has 0 spiro atoms. The minimum atomic E-state index is -0.143. The van der Waals surface area contributed by atoms with Crippen molar-refractivity contribution in [3.8, 4) is 0 Å². The van der Waals surface area contributed by atoms with E-state index in [-0.39, 0.29) is 5.97 Å². The number of hydrogen-bond donors (Lipinski definition) is 0. The average molecular weight is 270 g/mol. The minimum absolute atomic E-state index is 0.143. The second kappa shape index (κ2) is 5.82. The summed E-state index contributed by atoms with van der Waals surface area (Å²) in [5.41, 5.74) is 0. The first kappa shape index (κ1) is 13.5. The number of carbonyl (C=O) groups is 1. The second-order valence-electron chi connectivity index (χ2n) is 4.68. The van der Waals surface area contributed by atoms with E-state index in [9.17, 15) is 4.79 Å². The highest BCUT2D eigenvalue weighted by atomic mass is 32.1. The Kier molecular flexibility index (Phi) is 4.37. The molecular weight excluding hydrogens is 250 g/mol. The molecule has 0 N–H and O–H groups in total. The molecule has 0 unspecified atom stereocenters. The zero-order valence-corrected chi connectivity index (χ0v) is 11.8. The third-order valence-electron chi connectivity index (χ3n) is 3.26. The van der Waals surface area contributed by atoms with Crippen LogP contribution in [0.15, 0.2) is 12.1 Å². The lowest BCUT2D eigenvalue weighted by atomic mass is 10.3. The van der Waals surface area contributed by atoms with E-state index in [1.807, 2.05) is 13.0 Å². The van der Waals surface area contributed by atoms with Gasteiger partial charge in [-0.2, -0.15) is 0 Å². The molecule has 0 aromatic carbocycles. The molecule has 1 fully saturated rings. The molecule has 1 aliphatic rings. The molecule has 1 aliphatic heterocycles. The maximum absolute atomic E-state index is 11.4. The molecule has 0 amide bonds. The first-order chi connectivity index (χ1) is 8.64. The smallest absolute Gasteiger partial charge is 0.311 e. The summed E-state index contributed by atoms with van der Waals surface area (Å²) in [6.45, 7) is 5.89. The van der Waals surface area contributed by atoms with Crippen LogP contribution in [0.3, 0.4) is 0 Å². The van der Waals surface area contributed by atoms with E-state index in [0.29, 0.717) is 13.0 Å². The Hall–Kier alpha value is -0.910. The molecule has 100 valence electrons. The summed E-state index contributed by atoms with van der Waals surface area (Å²) in [4.78, 5) is 12.5. The van der Waals surface area contributed by atoms with E-state index < -0.39 is 0 Å². The van der Waals surface area contributed by atoms with Gasteiger partial charge in [-0.3, -0.25) is 9.28 Å². The van der Waals surface area contributed by atoms with Crippen LogP contribution >= 0.6 is 11.3 Å². The van der Waals surface area contributed by atoms with Gasteiger partial charge in [-0.15, -0.1) is 0 Å². The number of likely N-dealkylation sites (N-methyl/N-ethyl adjacent to an activating group) is 1. The number of esters is 1. The number of thiophene rings is 1. The van der Waals surface area contributed by atoms with Crippen molar-refractivity contribution in [1.82, 2.24) is 4.48 Å². The molecule has 4 nitrogen and oxygen atoms in total. The summed E-state index contributed by atoms with van der Waals surface area (Å²) in [7, 11) is 2.22. The van der Waals surface area contributed by atoms with Gasteiger partial charge in [0.2, 0.25) is 0 Å². The van der Waals surface area contributed by atoms with Gasteiger partial charge >= 0.3 is 5.97 Å². The van der Waals surface area contributed by atoms with Gasteiger partial charge in [0, 0.05) is 10.9 Å². The Morgan fingerprint density at radius 2 is 2.17 bits per heavy atom. The van der Waals surface area contributed by atoms with Crippen LogP contribution < -0.4 is 4.48 Å². The Morgan fingerprint density at radius 1 is 1.44 bits per heavy atom. The predicted molar refractivity (Wildman–Crippen MR) is 72.9 cm³/mol. The van der Waals surface area contributed by atoms with Crippen molar-refractivity contribution < 1.29 is 14.3 Å². The topological polar surface area (TPSA) is 35.5 Å². The molecule has 5 heteroatoms. The van der Waals surface area contributed by atoms with Gasteiger partial charge < -0.3 is 9.47 Å². The van der Waals surface area contributed by atoms with Crippen molar-refractivity contribution in [1.29, 1.82) is 0 Å². The highest BCUT2D eigenvalue weighted by Gasteiger charge is 2.29. The van der Waals surface area contributed by atoms with Crippen LogP contribution in [0.4, 0.5) is 5.00 Å². The zero-order chi connectivity index (χ0) is 13.0. The first-order valence-electron chi connectivity index (χ1n) is 6.31. The lowest BCUT2D eigenvalue weighted by molar-refractivity contribution is -0.142. The molecule has 1 aromatic rings. The summed E-state index contributed by atoms with van der Waals surface area (Å²) >= 11 is 1.71. The van der Waals surface area contributed by atoms with Crippen LogP contribution in [0.2, 0.25) is 0 Å². The molecule has 0 atom stereocenters. The van der Waals surface area contributed by atoms with E-state index in [2.05, 4.69) is 13.1 Å². The van der Waals surface area contributed by atoms with E-state index in [1.165, 1.54) is 5.00 Å². The standard InChI is InChI=1S/C13H20NO3S/c1-3-17-13(15)10-11-4-5-12(18-11)14(2)6-8-16-9-7-14/h4-5H,3,6-10H2,1-2H3/q+1. The SMILES string of the molecule is CCOC(=O)Cc1ccc([N+]2(C)CCOCC2)s1. The van der Waals surface area contributed by atoms with Gasteiger partial charge in [0.05, 0.1) is 33.3 Å². The van der Waals surface area contributed by atoms with Crippen LogP contribution in [0.1, 0.15) is 11.8 Å². The van der Waals surface area contributed by atoms with Crippen LogP contribution in [-0.4, -0.2) is 45.9 Å². The number of nitrogens with zero attached hydrogens (tertiary/aromatic N) is 1. The maximum Gasteiger partial charge on any atom is 0.311 e. The average Bonchev–Trinajstić information content (AvgIpc) is 2.79. The molecular formula is C13H20NO3S+. The molecule has 0 radical (unpaired) electrons. The minimum Gasteiger partial charge on any atom is -0.466 e.